The summed E-state index contributed by atoms with van der Waals surface area (Å²) in [7, 11) is 1.69. The third-order valence-electron chi connectivity index (χ3n) is 3.67. The molecule has 0 saturated carbocycles. The molecule has 1 aliphatic rings. The molecule has 1 saturated heterocycles. The molecule has 1 aromatic carbocycles. The van der Waals surface area contributed by atoms with Crippen LogP contribution < -0.4 is 0 Å². The molecule has 2 rings (SSSR count). The quantitative estimate of drug-likeness (QED) is 0.839. The van der Waals surface area contributed by atoms with E-state index in [1.165, 1.54) is 12.1 Å². The molecule has 20 heavy (non-hydrogen) atoms. The van der Waals surface area contributed by atoms with E-state index in [0.717, 1.165) is 44.2 Å². The standard InChI is InChI=1S/C15H20F3NO/c1-20-11-13-5-3-7-19(10-13)9-12-4-2-6-14(8-12)15(16,17)18/h2,4,6,8,13H,3,5,7,9-11H2,1H3. The molecule has 1 aromatic rings. The minimum Gasteiger partial charge on any atom is -0.384 e. The average Bonchev–Trinajstić information content (AvgIpc) is 2.39. The highest BCUT2D eigenvalue weighted by atomic mass is 19.4. The maximum absolute atomic E-state index is 12.7. The lowest BCUT2D eigenvalue weighted by Gasteiger charge is -2.32. The molecule has 1 aliphatic heterocycles. The molecule has 5 heteroatoms. The second-order valence-electron chi connectivity index (χ2n) is 5.40. The van der Waals surface area contributed by atoms with Gasteiger partial charge < -0.3 is 4.74 Å². The number of benzene rings is 1. The highest BCUT2D eigenvalue weighted by Crippen LogP contribution is 2.30. The van der Waals surface area contributed by atoms with Crippen molar-refractivity contribution in [1.29, 1.82) is 0 Å². The number of alkyl halides is 3. The van der Waals surface area contributed by atoms with Crippen LogP contribution >= 0.6 is 0 Å². The highest BCUT2D eigenvalue weighted by Gasteiger charge is 2.30. The van der Waals surface area contributed by atoms with Crippen molar-refractivity contribution in [2.45, 2.75) is 25.6 Å². The Morgan fingerprint density at radius 3 is 2.85 bits per heavy atom. The fourth-order valence-electron chi connectivity index (χ4n) is 2.77. The Balaban J connectivity index is 1.99. The van der Waals surface area contributed by atoms with Crippen LogP contribution in [-0.2, 0) is 17.5 Å². The smallest absolute Gasteiger partial charge is 0.384 e. The predicted molar refractivity (Wildman–Crippen MR) is 71.3 cm³/mol. The molecule has 0 spiro atoms. The van der Waals surface area contributed by atoms with Crippen LogP contribution in [0.1, 0.15) is 24.0 Å². The van der Waals surface area contributed by atoms with Crippen LogP contribution in [0, 0.1) is 5.92 Å². The number of likely N-dealkylation sites (tertiary alicyclic amines) is 1. The van der Waals surface area contributed by atoms with Crippen LogP contribution in [0.15, 0.2) is 24.3 Å². The molecule has 0 amide bonds. The van der Waals surface area contributed by atoms with Gasteiger partial charge in [-0.1, -0.05) is 18.2 Å². The zero-order chi connectivity index (χ0) is 14.6. The number of nitrogens with zero attached hydrogens (tertiary/aromatic N) is 1. The van der Waals surface area contributed by atoms with Gasteiger partial charge in [0, 0.05) is 20.2 Å². The average molecular weight is 287 g/mol. The fourth-order valence-corrected chi connectivity index (χ4v) is 2.77. The Morgan fingerprint density at radius 1 is 1.35 bits per heavy atom. The molecule has 2 nitrogen and oxygen atoms in total. The lowest BCUT2D eigenvalue weighted by molar-refractivity contribution is -0.137. The van der Waals surface area contributed by atoms with Crippen molar-refractivity contribution in [2.75, 3.05) is 26.8 Å². The number of piperidine rings is 1. The lowest BCUT2D eigenvalue weighted by atomic mass is 9.98. The number of ether oxygens (including phenoxy) is 1. The van der Waals surface area contributed by atoms with Crippen LogP contribution in [0.25, 0.3) is 0 Å². The van der Waals surface area contributed by atoms with Gasteiger partial charge >= 0.3 is 6.18 Å². The first-order valence-electron chi connectivity index (χ1n) is 6.86. The minimum absolute atomic E-state index is 0.486. The third kappa shape index (κ3) is 4.21. The number of methoxy groups -OCH3 is 1. The summed E-state index contributed by atoms with van der Waals surface area (Å²) in [5.41, 5.74) is 0.151. The summed E-state index contributed by atoms with van der Waals surface area (Å²) in [5, 5.41) is 0. The first-order valence-corrected chi connectivity index (χ1v) is 6.86. The van der Waals surface area contributed by atoms with E-state index in [0.29, 0.717) is 12.5 Å². The molecule has 1 unspecified atom stereocenters. The number of halogens is 3. The summed E-state index contributed by atoms with van der Waals surface area (Å²) in [6.45, 7) is 3.13. The summed E-state index contributed by atoms with van der Waals surface area (Å²) >= 11 is 0. The highest BCUT2D eigenvalue weighted by molar-refractivity contribution is 5.25. The van der Waals surface area contributed by atoms with Crippen LogP contribution in [0.5, 0.6) is 0 Å². The van der Waals surface area contributed by atoms with Crippen LogP contribution in [-0.4, -0.2) is 31.7 Å². The van der Waals surface area contributed by atoms with Gasteiger partial charge in [0.2, 0.25) is 0 Å². The monoisotopic (exact) mass is 287 g/mol. The zero-order valence-electron chi connectivity index (χ0n) is 11.6. The second kappa shape index (κ2) is 6.59. The van der Waals surface area contributed by atoms with Gasteiger partial charge in [-0.2, -0.15) is 13.2 Å². The second-order valence-corrected chi connectivity index (χ2v) is 5.40. The Morgan fingerprint density at radius 2 is 2.15 bits per heavy atom. The Labute approximate surface area is 117 Å². The first kappa shape index (κ1) is 15.3. The summed E-state index contributed by atoms with van der Waals surface area (Å²) in [4.78, 5) is 2.21. The van der Waals surface area contributed by atoms with Gasteiger partial charge in [0.1, 0.15) is 0 Å². The van der Waals surface area contributed by atoms with Crippen LogP contribution in [0.2, 0.25) is 0 Å². The van der Waals surface area contributed by atoms with Gasteiger partial charge in [-0.25, -0.2) is 0 Å². The van der Waals surface area contributed by atoms with Crippen molar-refractivity contribution in [1.82, 2.24) is 4.90 Å². The number of hydrogen-bond acceptors (Lipinski definition) is 2. The van der Waals surface area contributed by atoms with Crippen LogP contribution in [0.3, 0.4) is 0 Å². The summed E-state index contributed by atoms with van der Waals surface area (Å²) in [5.74, 6) is 0.486. The van der Waals surface area contributed by atoms with E-state index in [2.05, 4.69) is 4.90 Å². The van der Waals surface area contributed by atoms with E-state index < -0.39 is 11.7 Å². The SMILES string of the molecule is COCC1CCCN(Cc2cccc(C(F)(F)F)c2)C1. The van der Waals surface area contributed by atoms with E-state index >= 15 is 0 Å². The molecule has 0 radical (unpaired) electrons. The van der Waals surface area contributed by atoms with E-state index in [1.54, 1.807) is 13.2 Å². The summed E-state index contributed by atoms with van der Waals surface area (Å²) in [6, 6.07) is 5.61. The number of hydrogen-bond donors (Lipinski definition) is 0. The van der Waals surface area contributed by atoms with Gasteiger partial charge in [-0.15, -0.1) is 0 Å². The van der Waals surface area contributed by atoms with E-state index in [-0.39, 0.29) is 0 Å². The van der Waals surface area contributed by atoms with Crippen molar-refractivity contribution in [3.8, 4) is 0 Å². The summed E-state index contributed by atoms with van der Waals surface area (Å²) < 4.78 is 43.2. The molecule has 0 aliphatic carbocycles. The molecule has 112 valence electrons. The molecule has 1 fully saturated rings. The Hall–Kier alpha value is -1.07. The van der Waals surface area contributed by atoms with E-state index in [9.17, 15) is 13.2 Å². The third-order valence-corrected chi connectivity index (χ3v) is 3.67. The normalized spacial score (nSPS) is 21.1. The Bertz CT molecular complexity index is 431. The van der Waals surface area contributed by atoms with Gasteiger partial charge in [-0.3, -0.25) is 4.90 Å². The van der Waals surface area contributed by atoms with Gasteiger partial charge in [0.25, 0.3) is 0 Å². The van der Waals surface area contributed by atoms with E-state index in [1.807, 2.05) is 0 Å². The maximum Gasteiger partial charge on any atom is 0.416 e. The van der Waals surface area contributed by atoms with Crippen molar-refractivity contribution >= 4 is 0 Å². The molecule has 0 N–H and O–H groups in total. The molecule has 1 heterocycles. The zero-order valence-corrected chi connectivity index (χ0v) is 11.6. The van der Waals surface area contributed by atoms with Crippen molar-refractivity contribution < 1.29 is 17.9 Å². The minimum atomic E-state index is -4.27. The van der Waals surface area contributed by atoms with Gasteiger partial charge in [0.15, 0.2) is 0 Å². The van der Waals surface area contributed by atoms with Crippen molar-refractivity contribution in [3.63, 3.8) is 0 Å². The molecular formula is C15H20F3NO. The van der Waals surface area contributed by atoms with Crippen molar-refractivity contribution in [2.24, 2.45) is 5.92 Å². The van der Waals surface area contributed by atoms with Gasteiger partial charge in [-0.05, 0) is 36.9 Å². The number of rotatable bonds is 4. The molecule has 1 atom stereocenters. The van der Waals surface area contributed by atoms with Gasteiger partial charge in [0.05, 0.1) is 12.2 Å². The molecule has 0 bridgehead atoms. The molecular weight excluding hydrogens is 267 g/mol. The van der Waals surface area contributed by atoms with Crippen molar-refractivity contribution in [3.05, 3.63) is 35.4 Å². The lowest BCUT2D eigenvalue weighted by Crippen LogP contribution is -2.36. The fraction of sp³-hybridized carbons (Fsp3) is 0.600. The largest absolute Gasteiger partial charge is 0.416 e. The molecule has 0 aromatic heterocycles. The van der Waals surface area contributed by atoms with E-state index in [4.69, 9.17) is 4.74 Å². The summed E-state index contributed by atoms with van der Waals surface area (Å²) in [6.07, 6.45) is -2.06. The van der Waals surface area contributed by atoms with Crippen LogP contribution in [0.4, 0.5) is 13.2 Å². The Kier molecular flexibility index (Phi) is 5.05. The maximum atomic E-state index is 12.7. The first-order chi connectivity index (χ1) is 9.49. The topological polar surface area (TPSA) is 12.5 Å². The predicted octanol–water partition coefficient (Wildman–Crippen LogP) is 3.56.